The fourth-order valence-electron chi connectivity index (χ4n) is 2.00. The standard InChI is InChI=1S/C17H13N3O5/c1-25-13-6-7-14(15(9-13)20(23)24)19-17(22)12(10-18)8-11-4-2-3-5-16(11)21/h2-9,21H,1H3,(H,19,22)/b12-8-. The number of rotatable bonds is 5. The Kier molecular flexibility index (Phi) is 5.32. The van der Waals surface area contributed by atoms with E-state index in [0.29, 0.717) is 0 Å². The predicted octanol–water partition coefficient (Wildman–Crippen LogP) is 2.85. The number of phenolic OH excluding ortho intramolecular Hbond substituents is 1. The van der Waals surface area contributed by atoms with Crippen LogP contribution in [-0.4, -0.2) is 23.0 Å². The zero-order valence-electron chi connectivity index (χ0n) is 13.1. The van der Waals surface area contributed by atoms with E-state index in [1.165, 1.54) is 37.5 Å². The second kappa shape index (κ2) is 7.61. The number of carbonyl (C=O) groups is 1. The van der Waals surface area contributed by atoms with Crippen LogP contribution in [0.5, 0.6) is 11.5 Å². The molecule has 0 aliphatic rings. The number of amides is 1. The van der Waals surface area contributed by atoms with E-state index in [0.717, 1.165) is 6.07 Å². The molecule has 0 unspecified atom stereocenters. The summed E-state index contributed by atoms with van der Waals surface area (Å²) in [5, 5.41) is 32.3. The number of methoxy groups -OCH3 is 1. The van der Waals surface area contributed by atoms with Crippen molar-refractivity contribution in [2.45, 2.75) is 0 Å². The first-order valence-electron chi connectivity index (χ1n) is 7.00. The average molecular weight is 339 g/mol. The molecule has 0 radical (unpaired) electrons. The van der Waals surface area contributed by atoms with E-state index < -0.39 is 10.8 Å². The van der Waals surface area contributed by atoms with E-state index in [4.69, 9.17) is 4.74 Å². The molecule has 8 nitrogen and oxygen atoms in total. The molecule has 0 saturated carbocycles. The second-order valence-corrected chi connectivity index (χ2v) is 4.82. The average Bonchev–Trinajstić information content (AvgIpc) is 2.61. The Labute approximate surface area is 142 Å². The molecule has 0 fully saturated rings. The van der Waals surface area contributed by atoms with Crippen LogP contribution >= 0.6 is 0 Å². The first kappa shape index (κ1) is 17.5. The van der Waals surface area contributed by atoms with Gasteiger partial charge in [-0.3, -0.25) is 14.9 Å². The number of para-hydroxylation sites is 1. The van der Waals surface area contributed by atoms with Gasteiger partial charge in [0.1, 0.15) is 28.8 Å². The molecule has 0 aliphatic heterocycles. The predicted molar refractivity (Wildman–Crippen MR) is 90.0 cm³/mol. The lowest BCUT2D eigenvalue weighted by atomic mass is 10.1. The Morgan fingerprint density at radius 2 is 2.08 bits per heavy atom. The molecule has 2 rings (SSSR count). The first-order valence-corrected chi connectivity index (χ1v) is 7.00. The summed E-state index contributed by atoms with van der Waals surface area (Å²) in [5.74, 6) is -0.674. The van der Waals surface area contributed by atoms with Crippen molar-refractivity contribution < 1.29 is 19.6 Å². The highest BCUT2D eigenvalue weighted by atomic mass is 16.6. The van der Waals surface area contributed by atoms with E-state index in [1.54, 1.807) is 18.2 Å². The maximum absolute atomic E-state index is 12.3. The molecule has 0 bridgehead atoms. The van der Waals surface area contributed by atoms with Gasteiger partial charge in [0.25, 0.3) is 11.6 Å². The lowest BCUT2D eigenvalue weighted by molar-refractivity contribution is -0.384. The Morgan fingerprint density at radius 3 is 2.68 bits per heavy atom. The molecular formula is C17H13N3O5. The molecule has 8 heteroatoms. The topological polar surface area (TPSA) is 125 Å². The number of ether oxygens (including phenoxy) is 1. The smallest absolute Gasteiger partial charge is 0.296 e. The minimum absolute atomic E-state index is 0.0748. The van der Waals surface area contributed by atoms with Crippen molar-refractivity contribution in [3.05, 3.63) is 63.7 Å². The highest BCUT2D eigenvalue weighted by Crippen LogP contribution is 2.29. The van der Waals surface area contributed by atoms with Gasteiger partial charge in [-0.1, -0.05) is 18.2 Å². The quantitative estimate of drug-likeness (QED) is 0.373. The lowest BCUT2D eigenvalue weighted by Gasteiger charge is -2.07. The number of phenols is 1. The number of carbonyl (C=O) groups excluding carboxylic acids is 1. The van der Waals surface area contributed by atoms with Crippen molar-refractivity contribution >= 4 is 23.4 Å². The molecule has 0 heterocycles. The zero-order chi connectivity index (χ0) is 18.4. The summed E-state index contributed by atoms with van der Waals surface area (Å²) >= 11 is 0. The van der Waals surface area contributed by atoms with Crippen molar-refractivity contribution in [2.24, 2.45) is 0 Å². The molecule has 2 aromatic carbocycles. The molecule has 25 heavy (non-hydrogen) atoms. The molecule has 0 aromatic heterocycles. The number of hydrogen-bond acceptors (Lipinski definition) is 6. The molecule has 0 atom stereocenters. The minimum Gasteiger partial charge on any atom is -0.507 e. The number of anilines is 1. The molecule has 0 saturated heterocycles. The fourth-order valence-corrected chi connectivity index (χ4v) is 2.00. The summed E-state index contributed by atoms with van der Waals surface area (Å²) in [4.78, 5) is 22.7. The largest absolute Gasteiger partial charge is 0.507 e. The van der Waals surface area contributed by atoms with Crippen molar-refractivity contribution in [1.82, 2.24) is 0 Å². The van der Waals surface area contributed by atoms with Gasteiger partial charge < -0.3 is 15.2 Å². The van der Waals surface area contributed by atoms with Gasteiger partial charge >= 0.3 is 0 Å². The molecule has 1 amide bonds. The van der Waals surface area contributed by atoms with Gasteiger partial charge in [0.15, 0.2) is 0 Å². The molecule has 0 spiro atoms. The highest BCUT2D eigenvalue weighted by molar-refractivity contribution is 6.10. The Hall–Kier alpha value is -3.86. The third-order valence-electron chi connectivity index (χ3n) is 3.25. The molecular weight excluding hydrogens is 326 g/mol. The van der Waals surface area contributed by atoms with Gasteiger partial charge in [-0.05, 0) is 24.3 Å². The van der Waals surface area contributed by atoms with Crippen LogP contribution in [0, 0.1) is 21.4 Å². The van der Waals surface area contributed by atoms with Crippen molar-refractivity contribution in [1.29, 1.82) is 5.26 Å². The monoisotopic (exact) mass is 339 g/mol. The first-order chi connectivity index (χ1) is 12.0. The van der Waals surface area contributed by atoms with Gasteiger partial charge in [0, 0.05) is 5.56 Å². The maximum Gasteiger partial charge on any atom is 0.296 e. The van der Waals surface area contributed by atoms with Gasteiger partial charge in [0.05, 0.1) is 18.1 Å². The Bertz CT molecular complexity index is 899. The number of benzene rings is 2. The van der Waals surface area contributed by atoms with Crippen LogP contribution < -0.4 is 10.1 Å². The van der Waals surface area contributed by atoms with Crippen molar-refractivity contribution in [3.8, 4) is 17.6 Å². The third kappa shape index (κ3) is 4.11. The molecule has 2 N–H and O–H groups in total. The van der Waals surface area contributed by atoms with E-state index in [-0.39, 0.29) is 34.0 Å². The normalized spacial score (nSPS) is 10.6. The van der Waals surface area contributed by atoms with Crippen LogP contribution in [0.1, 0.15) is 5.56 Å². The number of nitriles is 1. The Balaban J connectivity index is 2.34. The second-order valence-electron chi connectivity index (χ2n) is 4.82. The minimum atomic E-state index is -0.834. The van der Waals surface area contributed by atoms with Crippen LogP contribution in [-0.2, 0) is 4.79 Å². The van der Waals surface area contributed by atoms with Crippen LogP contribution in [0.4, 0.5) is 11.4 Å². The number of aromatic hydroxyl groups is 1. The van der Waals surface area contributed by atoms with Gasteiger partial charge in [-0.25, -0.2) is 0 Å². The summed E-state index contributed by atoms with van der Waals surface area (Å²) in [7, 11) is 1.36. The number of nitrogens with zero attached hydrogens (tertiary/aromatic N) is 2. The SMILES string of the molecule is COc1ccc(NC(=O)/C(C#N)=C\c2ccccc2O)c([N+](=O)[O-])c1. The number of nitro benzene ring substituents is 1. The number of hydrogen-bond donors (Lipinski definition) is 2. The molecule has 0 aliphatic carbocycles. The van der Waals surface area contributed by atoms with Crippen molar-refractivity contribution in [2.75, 3.05) is 12.4 Å². The van der Waals surface area contributed by atoms with E-state index in [2.05, 4.69) is 5.32 Å². The van der Waals surface area contributed by atoms with Crippen LogP contribution in [0.3, 0.4) is 0 Å². The maximum atomic E-state index is 12.3. The van der Waals surface area contributed by atoms with Gasteiger partial charge in [0.2, 0.25) is 0 Å². The zero-order valence-corrected chi connectivity index (χ0v) is 13.1. The van der Waals surface area contributed by atoms with E-state index >= 15 is 0 Å². The van der Waals surface area contributed by atoms with Gasteiger partial charge in [-0.2, -0.15) is 5.26 Å². The summed E-state index contributed by atoms with van der Waals surface area (Å²) in [6.45, 7) is 0. The van der Waals surface area contributed by atoms with Crippen LogP contribution in [0.2, 0.25) is 0 Å². The third-order valence-corrected chi connectivity index (χ3v) is 3.25. The summed E-state index contributed by atoms with van der Waals surface area (Å²) < 4.78 is 4.92. The lowest BCUT2D eigenvalue weighted by Crippen LogP contribution is -2.14. The number of nitrogens with one attached hydrogen (secondary N) is 1. The molecule has 126 valence electrons. The number of nitro groups is 1. The van der Waals surface area contributed by atoms with Crippen LogP contribution in [0.15, 0.2) is 48.0 Å². The van der Waals surface area contributed by atoms with E-state index in [1.807, 2.05) is 0 Å². The van der Waals surface area contributed by atoms with Gasteiger partial charge in [-0.15, -0.1) is 0 Å². The van der Waals surface area contributed by atoms with Crippen molar-refractivity contribution in [3.63, 3.8) is 0 Å². The Morgan fingerprint density at radius 1 is 1.36 bits per heavy atom. The summed E-state index contributed by atoms with van der Waals surface area (Å²) in [6, 6.07) is 11.8. The summed E-state index contributed by atoms with van der Waals surface area (Å²) in [5.41, 5.74) is -0.480. The highest BCUT2D eigenvalue weighted by Gasteiger charge is 2.19. The fraction of sp³-hybridized carbons (Fsp3) is 0.0588. The van der Waals surface area contributed by atoms with E-state index in [9.17, 15) is 25.3 Å². The van der Waals surface area contributed by atoms with Crippen LogP contribution in [0.25, 0.3) is 6.08 Å². The summed E-state index contributed by atoms with van der Waals surface area (Å²) in [6.07, 6.45) is 1.19. The molecule has 2 aromatic rings.